The number of aliphatic hydroxyl groups excluding tert-OH is 1. The van der Waals surface area contributed by atoms with Crippen molar-refractivity contribution in [3.05, 3.63) is 65.9 Å². The number of hydrogen-bond donors (Lipinski definition) is 1. The van der Waals surface area contributed by atoms with E-state index in [4.69, 9.17) is 0 Å². The Bertz CT molecular complexity index is 903. The van der Waals surface area contributed by atoms with Gasteiger partial charge in [-0.05, 0) is 35.1 Å². The summed E-state index contributed by atoms with van der Waals surface area (Å²) in [5, 5.41) is 10.4. The first kappa shape index (κ1) is 19.2. The molecular weight excluding hydrogens is 334 g/mol. The number of aliphatic hydroxyl groups is 1. The third-order valence-electron chi connectivity index (χ3n) is 4.95. The Morgan fingerprint density at radius 1 is 1.00 bits per heavy atom. The summed E-state index contributed by atoms with van der Waals surface area (Å²) >= 11 is 0. The third-order valence-corrected chi connectivity index (χ3v) is 4.95. The summed E-state index contributed by atoms with van der Waals surface area (Å²) in [4.78, 5) is 17.2. The number of rotatable bonds is 9. The minimum atomic E-state index is 0.0964. The number of aromatic nitrogens is 1. The minimum absolute atomic E-state index is 0.0964. The van der Waals surface area contributed by atoms with Crippen LogP contribution in [-0.4, -0.2) is 22.5 Å². The summed E-state index contributed by atoms with van der Waals surface area (Å²) in [5.74, 6) is 0.272. The number of ketones is 1. The molecule has 0 amide bonds. The monoisotopic (exact) mass is 361 g/mol. The second-order valence-electron chi connectivity index (χ2n) is 6.98. The molecule has 1 heterocycles. The van der Waals surface area contributed by atoms with Gasteiger partial charge in [0.25, 0.3) is 0 Å². The number of carbonyl (C=O) groups is 1. The Morgan fingerprint density at radius 3 is 2.56 bits per heavy atom. The summed E-state index contributed by atoms with van der Waals surface area (Å²) in [6, 6.07) is 16.3. The van der Waals surface area contributed by atoms with Crippen molar-refractivity contribution in [1.29, 1.82) is 0 Å². The molecule has 3 nitrogen and oxygen atoms in total. The number of carbonyl (C=O) groups excluding carboxylic acids is 1. The number of hydrogen-bond acceptors (Lipinski definition) is 3. The minimum Gasteiger partial charge on any atom is -0.396 e. The lowest BCUT2D eigenvalue weighted by atomic mass is 9.92. The van der Waals surface area contributed by atoms with Crippen molar-refractivity contribution in [2.24, 2.45) is 0 Å². The molecule has 0 saturated carbocycles. The van der Waals surface area contributed by atoms with Crippen LogP contribution in [0.5, 0.6) is 0 Å². The maximum atomic E-state index is 12.5. The third kappa shape index (κ3) is 4.61. The summed E-state index contributed by atoms with van der Waals surface area (Å²) in [6.45, 7) is 2.24. The maximum absolute atomic E-state index is 12.5. The molecule has 0 unspecified atom stereocenters. The normalized spacial score (nSPS) is 11.0. The molecule has 1 N–H and O–H groups in total. The van der Waals surface area contributed by atoms with E-state index in [1.54, 1.807) is 0 Å². The topological polar surface area (TPSA) is 50.2 Å². The second kappa shape index (κ2) is 9.43. The van der Waals surface area contributed by atoms with Crippen LogP contribution in [0.15, 0.2) is 54.7 Å². The number of nitrogens with zero attached hydrogens (tertiary/aromatic N) is 1. The van der Waals surface area contributed by atoms with Gasteiger partial charge in [-0.3, -0.25) is 9.78 Å². The highest BCUT2D eigenvalue weighted by Crippen LogP contribution is 2.33. The lowest BCUT2D eigenvalue weighted by Gasteiger charge is -2.14. The van der Waals surface area contributed by atoms with Crippen molar-refractivity contribution in [2.75, 3.05) is 6.61 Å². The fraction of sp³-hybridized carbons (Fsp3) is 0.333. The Hall–Kier alpha value is -2.52. The van der Waals surface area contributed by atoms with Crippen LogP contribution in [0.3, 0.4) is 0 Å². The summed E-state index contributed by atoms with van der Waals surface area (Å²) in [7, 11) is 0. The van der Waals surface area contributed by atoms with Crippen molar-refractivity contribution in [3.63, 3.8) is 0 Å². The first-order chi connectivity index (χ1) is 13.2. The zero-order valence-corrected chi connectivity index (χ0v) is 15.9. The number of benzene rings is 2. The molecule has 140 valence electrons. The van der Waals surface area contributed by atoms with Gasteiger partial charge in [0.2, 0.25) is 0 Å². The molecule has 0 aliphatic rings. The van der Waals surface area contributed by atoms with Gasteiger partial charge in [0.1, 0.15) is 5.78 Å². The largest absolute Gasteiger partial charge is 0.396 e. The van der Waals surface area contributed by atoms with E-state index < -0.39 is 0 Å². The predicted octanol–water partition coefficient (Wildman–Crippen LogP) is 5.13. The van der Waals surface area contributed by atoms with E-state index in [0.29, 0.717) is 19.3 Å². The summed E-state index contributed by atoms with van der Waals surface area (Å²) in [5.41, 5.74) is 5.11. The highest BCUT2D eigenvalue weighted by atomic mass is 16.3. The molecule has 3 heteroatoms. The smallest absolute Gasteiger partial charge is 0.137 e. The van der Waals surface area contributed by atoms with E-state index >= 15 is 0 Å². The number of Topliss-reactive ketones (excluding diaryl/α,β-unsaturated/α-hetero) is 1. The molecule has 0 aliphatic carbocycles. The van der Waals surface area contributed by atoms with Gasteiger partial charge in [0.15, 0.2) is 0 Å². The van der Waals surface area contributed by atoms with Crippen LogP contribution in [0.1, 0.15) is 43.7 Å². The molecule has 0 fully saturated rings. The van der Waals surface area contributed by atoms with Gasteiger partial charge in [-0.15, -0.1) is 0 Å². The van der Waals surface area contributed by atoms with Crippen LogP contribution in [0.25, 0.3) is 22.0 Å². The van der Waals surface area contributed by atoms with Crippen LogP contribution in [0, 0.1) is 0 Å². The molecule has 1 aromatic heterocycles. The first-order valence-corrected chi connectivity index (χ1v) is 9.82. The number of unbranched alkanes of at least 4 members (excludes halogenated alkanes) is 2. The van der Waals surface area contributed by atoms with Gasteiger partial charge in [-0.25, -0.2) is 0 Å². The van der Waals surface area contributed by atoms with Gasteiger partial charge in [0.05, 0.1) is 5.52 Å². The standard InChI is InChI=1S/C24H27NO2/c1-2-3-5-12-21(27)16-20-17-25-24-19(14-15-26)11-8-13-22(24)23(20)18-9-6-4-7-10-18/h4,6-11,13,17,26H,2-3,5,12,14-16H2,1H3. The van der Waals surface area contributed by atoms with Gasteiger partial charge in [-0.2, -0.15) is 0 Å². The van der Waals surface area contributed by atoms with E-state index in [-0.39, 0.29) is 12.4 Å². The number of pyridine rings is 1. The molecule has 27 heavy (non-hydrogen) atoms. The Labute approximate surface area is 161 Å². The lowest BCUT2D eigenvalue weighted by molar-refractivity contribution is -0.118. The van der Waals surface area contributed by atoms with Crippen molar-refractivity contribution in [1.82, 2.24) is 4.98 Å². The quantitative estimate of drug-likeness (QED) is 0.538. The van der Waals surface area contributed by atoms with Crippen LogP contribution < -0.4 is 0 Å². The average molecular weight is 361 g/mol. The molecule has 2 aromatic carbocycles. The van der Waals surface area contributed by atoms with Crippen molar-refractivity contribution in [3.8, 4) is 11.1 Å². The Morgan fingerprint density at radius 2 is 1.81 bits per heavy atom. The Balaban J connectivity index is 2.06. The SMILES string of the molecule is CCCCCC(=O)Cc1cnc2c(CCO)cccc2c1-c1ccccc1. The maximum Gasteiger partial charge on any atom is 0.137 e. The van der Waals surface area contributed by atoms with Crippen molar-refractivity contribution >= 4 is 16.7 Å². The highest BCUT2D eigenvalue weighted by molar-refractivity contribution is 5.99. The van der Waals surface area contributed by atoms with E-state index in [1.165, 1.54) is 0 Å². The summed E-state index contributed by atoms with van der Waals surface area (Å²) < 4.78 is 0. The molecule has 0 atom stereocenters. The zero-order valence-electron chi connectivity index (χ0n) is 15.9. The molecule has 3 aromatic rings. The molecule has 0 spiro atoms. The Kier molecular flexibility index (Phi) is 6.72. The van der Waals surface area contributed by atoms with E-state index in [0.717, 1.165) is 52.4 Å². The van der Waals surface area contributed by atoms with Crippen molar-refractivity contribution < 1.29 is 9.90 Å². The van der Waals surface area contributed by atoms with Crippen LogP contribution in [0.2, 0.25) is 0 Å². The van der Waals surface area contributed by atoms with Crippen molar-refractivity contribution in [2.45, 2.75) is 45.4 Å². The van der Waals surface area contributed by atoms with Gasteiger partial charge < -0.3 is 5.11 Å². The molecule has 0 saturated heterocycles. The fourth-order valence-corrected chi connectivity index (χ4v) is 3.60. The molecule has 0 aliphatic heterocycles. The van der Waals surface area contributed by atoms with E-state index in [2.05, 4.69) is 30.1 Å². The van der Waals surface area contributed by atoms with Gasteiger partial charge in [-0.1, -0.05) is 68.3 Å². The summed E-state index contributed by atoms with van der Waals surface area (Å²) in [6.07, 6.45) is 6.64. The zero-order chi connectivity index (χ0) is 19.1. The number of para-hydroxylation sites is 1. The lowest BCUT2D eigenvalue weighted by Crippen LogP contribution is -2.06. The highest BCUT2D eigenvalue weighted by Gasteiger charge is 2.15. The van der Waals surface area contributed by atoms with Gasteiger partial charge in [0, 0.05) is 31.0 Å². The first-order valence-electron chi connectivity index (χ1n) is 9.82. The van der Waals surface area contributed by atoms with E-state index in [1.807, 2.05) is 36.5 Å². The molecule has 0 radical (unpaired) electrons. The molecule has 3 rings (SSSR count). The second-order valence-corrected chi connectivity index (χ2v) is 6.98. The average Bonchev–Trinajstić information content (AvgIpc) is 2.69. The van der Waals surface area contributed by atoms with Crippen LogP contribution >= 0.6 is 0 Å². The fourth-order valence-electron chi connectivity index (χ4n) is 3.60. The van der Waals surface area contributed by atoms with E-state index in [9.17, 15) is 9.90 Å². The molecular formula is C24H27NO2. The number of fused-ring (bicyclic) bond motifs is 1. The predicted molar refractivity (Wildman–Crippen MR) is 111 cm³/mol. The van der Waals surface area contributed by atoms with Crippen LogP contribution in [-0.2, 0) is 17.6 Å². The molecule has 0 bridgehead atoms. The van der Waals surface area contributed by atoms with Crippen LogP contribution in [0.4, 0.5) is 0 Å². The van der Waals surface area contributed by atoms with Gasteiger partial charge >= 0.3 is 0 Å².